The minimum Gasteiger partial charge on any atom is -0.485 e. The Morgan fingerprint density at radius 1 is 0.788 bits per heavy atom. The maximum absolute atomic E-state index is 14.2. The first-order valence-corrected chi connectivity index (χ1v) is 22.3. The van der Waals surface area contributed by atoms with Crippen molar-refractivity contribution in [2.24, 2.45) is 17.2 Å². The van der Waals surface area contributed by atoms with E-state index >= 15 is 0 Å². The molecule has 15 N–H and O–H groups in total. The summed E-state index contributed by atoms with van der Waals surface area (Å²) in [6.07, 6.45) is -8.08. The average Bonchev–Trinajstić information content (AvgIpc) is 3.90. The predicted molar refractivity (Wildman–Crippen MR) is 243 cm³/mol. The van der Waals surface area contributed by atoms with Gasteiger partial charge in [-0.05, 0) is 87.7 Å². The van der Waals surface area contributed by atoms with Gasteiger partial charge >= 0.3 is 24.4 Å². The lowest BCUT2D eigenvalue weighted by atomic mass is 10.1. The lowest BCUT2D eigenvalue weighted by molar-refractivity contribution is -0.138. The second-order valence-corrected chi connectivity index (χ2v) is 16.8. The van der Waals surface area contributed by atoms with E-state index in [-0.39, 0.29) is 75.3 Å². The normalized spacial score (nSPS) is 13.8. The Bertz CT molecular complexity index is 2380. The van der Waals surface area contributed by atoms with E-state index in [2.05, 4.69) is 47.5 Å². The van der Waals surface area contributed by atoms with Crippen LogP contribution < -0.4 is 64.5 Å². The largest absolute Gasteiger partial charge is 0.485 e. The summed E-state index contributed by atoms with van der Waals surface area (Å²) < 4.78 is 91.2. The number of urea groups is 2. The molecule has 66 heavy (non-hydrogen) atoms. The molecule has 0 radical (unpaired) electrons. The lowest BCUT2D eigenvalue weighted by Gasteiger charge is -2.22. The number of fused-ring (bicyclic) bond motifs is 1. The van der Waals surface area contributed by atoms with Crippen molar-refractivity contribution in [1.82, 2.24) is 15.6 Å². The van der Waals surface area contributed by atoms with E-state index in [1.165, 1.54) is 18.2 Å². The summed E-state index contributed by atoms with van der Waals surface area (Å²) in [6, 6.07) is 5.38. The van der Waals surface area contributed by atoms with Gasteiger partial charge in [-0.2, -0.15) is 26.3 Å². The molecule has 26 heteroatoms. The van der Waals surface area contributed by atoms with Crippen LogP contribution >= 0.6 is 23.1 Å². The molecule has 0 bridgehead atoms. The molecule has 1 fully saturated rings. The molecule has 1 aliphatic rings. The number of hydrogen-bond donors (Lipinski definition) is 12. The molecule has 1 aromatic heterocycles. The van der Waals surface area contributed by atoms with Crippen molar-refractivity contribution in [3.05, 3.63) is 53.6 Å². The van der Waals surface area contributed by atoms with Gasteiger partial charge in [-0.3, -0.25) is 20.3 Å². The summed E-state index contributed by atoms with van der Waals surface area (Å²) in [5.41, 5.74) is 13.5. The van der Waals surface area contributed by atoms with Crippen LogP contribution in [0.2, 0.25) is 0 Å². The Morgan fingerprint density at radius 3 is 1.98 bits per heavy atom. The third-order valence-electron chi connectivity index (χ3n) is 9.41. The summed E-state index contributed by atoms with van der Waals surface area (Å²) in [4.78, 5) is 56.8. The molecular formula is C40H49F6N13O5S2. The second kappa shape index (κ2) is 23.4. The summed E-state index contributed by atoms with van der Waals surface area (Å²) in [7, 11) is 0. The third-order valence-corrected chi connectivity index (χ3v) is 11.5. The SMILES string of the molecule is N=C(N)NCCCCC(=O)Nc1cc(C(F)(F)F)cc(NC(=O)Nc2ccc3nc(NC(=O)Nc4cc(C(F)(F)F)cc(NC(=O)CCCCN)c4SCCN)sc3c2)c1O[C@@H]1CCNC1. The van der Waals surface area contributed by atoms with Gasteiger partial charge in [0.15, 0.2) is 16.8 Å². The van der Waals surface area contributed by atoms with Crippen molar-refractivity contribution in [3.63, 3.8) is 0 Å². The quantitative estimate of drug-likeness (QED) is 0.0139. The van der Waals surface area contributed by atoms with E-state index in [1.54, 1.807) is 0 Å². The predicted octanol–water partition coefficient (Wildman–Crippen LogP) is 7.07. The van der Waals surface area contributed by atoms with Crippen LogP contribution in [0.15, 0.2) is 47.4 Å². The zero-order valence-corrected chi connectivity index (χ0v) is 36.7. The standard InChI is InChI=1S/C40H49F6N13O5S2/c41-39(42,43)21-15-26(54-31(60)6-2-4-12-52-35(49)50)33(64-24-9-13-51-20-24)27(16-21)56-36(62)53-23-7-8-25-30(19-23)66-38(58-25)59-37(63)57-29-18-22(40(44,45)46)17-28(34(29)65-14-11-48)55-32(61)5-1-3-10-47/h7-8,15-19,24,51H,1-6,9-14,20,47-48H2,(H,54,60)(H,55,61)(H4,49,50,52)(H2,53,56,62)(H2,57,58,59,63)/t24-/m1/s1. The molecule has 358 valence electrons. The van der Waals surface area contributed by atoms with E-state index in [0.29, 0.717) is 74.6 Å². The summed E-state index contributed by atoms with van der Waals surface area (Å²) >= 11 is 1.97. The Kier molecular flexibility index (Phi) is 18.0. The Labute approximate surface area is 382 Å². The maximum Gasteiger partial charge on any atom is 0.416 e. The Balaban J connectivity index is 1.33. The molecule has 0 aliphatic carbocycles. The molecule has 5 rings (SSSR count). The van der Waals surface area contributed by atoms with Crippen molar-refractivity contribution < 1.29 is 50.3 Å². The maximum atomic E-state index is 14.2. The fourth-order valence-corrected chi connectivity index (χ4v) is 8.13. The van der Waals surface area contributed by atoms with Gasteiger partial charge in [-0.15, -0.1) is 11.8 Å². The first-order valence-electron chi connectivity index (χ1n) is 20.5. The molecule has 6 amide bonds. The summed E-state index contributed by atoms with van der Waals surface area (Å²) in [5.74, 6) is -1.36. The van der Waals surface area contributed by atoms with E-state index in [4.69, 9.17) is 27.3 Å². The summed E-state index contributed by atoms with van der Waals surface area (Å²) in [6.45, 7) is 1.70. The number of nitrogens with one attached hydrogen (secondary N) is 9. The Hall–Kier alpha value is -6.09. The number of alkyl halides is 6. The number of guanidine groups is 1. The number of ether oxygens (including phenoxy) is 1. The second-order valence-electron chi connectivity index (χ2n) is 14.7. The molecule has 4 aromatic rings. The number of nitrogens with zero attached hydrogens (tertiary/aromatic N) is 1. The average molecular weight is 970 g/mol. The first-order chi connectivity index (χ1) is 31.3. The molecule has 1 atom stereocenters. The number of benzene rings is 3. The highest BCUT2D eigenvalue weighted by atomic mass is 32.2. The number of thioether (sulfide) groups is 1. The van der Waals surface area contributed by atoms with E-state index in [9.17, 15) is 45.5 Å². The highest BCUT2D eigenvalue weighted by Gasteiger charge is 2.35. The number of carbonyl (C=O) groups excluding carboxylic acids is 4. The fourth-order valence-electron chi connectivity index (χ4n) is 6.38. The van der Waals surface area contributed by atoms with Crippen LogP contribution in [0.25, 0.3) is 10.2 Å². The number of carbonyl (C=O) groups is 4. The van der Waals surface area contributed by atoms with Crippen LogP contribution in [0.5, 0.6) is 5.75 Å². The topological polar surface area (TPSA) is 289 Å². The van der Waals surface area contributed by atoms with Crippen molar-refractivity contribution in [3.8, 4) is 5.75 Å². The van der Waals surface area contributed by atoms with Crippen LogP contribution in [-0.4, -0.2) is 79.4 Å². The van der Waals surface area contributed by atoms with E-state index < -0.39 is 53.5 Å². The minimum atomic E-state index is -4.89. The number of amides is 6. The number of aromatic nitrogens is 1. The van der Waals surface area contributed by atoms with Crippen LogP contribution in [0.1, 0.15) is 56.1 Å². The van der Waals surface area contributed by atoms with Crippen molar-refractivity contribution in [2.45, 2.75) is 68.3 Å². The van der Waals surface area contributed by atoms with Gasteiger partial charge < -0.3 is 59.2 Å². The van der Waals surface area contributed by atoms with Crippen LogP contribution in [-0.2, 0) is 21.9 Å². The van der Waals surface area contributed by atoms with Gasteiger partial charge in [0.2, 0.25) is 11.8 Å². The number of rotatable bonds is 20. The van der Waals surface area contributed by atoms with Gasteiger partial charge in [0, 0.05) is 43.9 Å². The van der Waals surface area contributed by atoms with E-state index in [1.807, 2.05) is 0 Å². The van der Waals surface area contributed by atoms with Gasteiger partial charge in [0.25, 0.3) is 0 Å². The molecule has 1 saturated heterocycles. The monoisotopic (exact) mass is 969 g/mol. The highest BCUT2D eigenvalue weighted by Crippen LogP contribution is 2.43. The molecule has 0 saturated carbocycles. The van der Waals surface area contributed by atoms with Crippen LogP contribution in [0.3, 0.4) is 0 Å². The number of halogens is 6. The number of unbranched alkanes of at least 4 members (excludes halogenated alkanes) is 2. The van der Waals surface area contributed by atoms with Gasteiger partial charge in [0.05, 0.1) is 49.0 Å². The molecule has 2 heterocycles. The molecule has 3 aromatic carbocycles. The molecule has 18 nitrogen and oxygen atoms in total. The van der Waals surface area contributed by atoms with Crippen molar-refractivity contribution in [2.75, 3.05) is 70.4 Å². The zero-order valence-electron chi connectivity index (χ0n) is 35.1. The number of hydrogen-bond acceptors (Lipinski definition) is 12. The van der Waals surface area contributed by atoms with Gasteiger partial charge in [-0.1, -0.05) is 11.3 Å². The lowest BCUT2D eigenvalue weighted by Crippen LogP contribution is -2.31. The van der Waals surface area contributed by atoms with Crippen LogP contribution in [0, 0.1) is 5.41 Å². The van der Waals surface area contributed by atoms with Gasteiger partial charge in [0.1, 0.15) is 6.10 Å². The third kappa shape index (κ3) is 15.2. The van der Waals surface area contributed by atoms with Crippen molar-refractivity contribution >= 4 is 96.7 Å². The number of anilines is 6. The zero-order chi connectivity index (χ0) is 48.0. The minimum absolute atomic E-state index is 0.00827. The molecule has 0 spiro atoms. The first kappa shape index (κ1) is 50.9. The Morgan fingerprint density at radius 2 is 1.38 bits per heavy atom. The fraction of sp³-hybridized carbons (Fsp3) is 0.400. The number of nitrogens with two attached hydrogens (primary N) is 3. The van der Waals surface area contributed by atoms with Crippen LogP contribution in [0.4, 0.5) is 69.5 Å². The van der Waals surface area contributed by atoms with Gasteiger partial charge in [-0.25, -0.2) is 14.6 Å². The van der Waals surface area contributed by atoms with E-state index in [0.717, 1.165) is 41.3 Å². The highest BCUT2D eigenvalue weighted by molar-refractivity contribution is 7.99. The molecular weight excluding hydrogens is 921 g/mol. The molecule has 1 aliphatic heterocycles. The summed E-state index contributed by atoms with van der Waals surface area (Å²) in [5, 5.41) is 27.8. The smallest absolute Gasteiger partial charge is 0.416 e. The molecule has 0 unspecified atom stereocenters. The number of thiazole rings is 1. The van der Waals surface area contributed by atoms with Crippen molar-refractivity contribution in [1.29, 1.82) is 5.41 Å².